The standard InChI is InChI=1S/C18H31F2N3O3.ClH/c1-17(19,20)9-6-12(14(24)16(26)21-2)23-15(25)13-10-18(11-22-13)7-4-3-5-8-18;/h12-14,22,24H,3-11H2,1-2H3,(H,21,26)(H,23,25);1H/t12-,13?,14?;/m0./s1. The fraction of sp³-hybridized carbons (Fsp3) is 0.889. The Bertz CT molecular complexity index is 511. The molecule has 1 aliphatic heterocycles. The first-order chi connectivity index (χ1) is 12.2. The lowest BCUT2D eigenvalue weighted by atomic mass is 9.72. The van der Waals surface area contributed by atoms with Crippen LogP contribution in [0.25, 0.3) is 0 Å². The first-order valence-corrected chi connectivity index (χ1v) is 9.47. The second-order valence-corrected chi connectivity index (χ2v) is 7.98. The van der Waals surface area contributed by atoms with Crippen molar-refractivity contribution in [1.82, 2.24) is 16.0 Å². The monoisotopic (exact) mass is 411 g/mol. The molecule has 0 aromatic rings. The summed E-state index contributed by atoms with van der Waals surface area (Å²) in [4.78, 5) is 24.3. The molecule has 2 amide bonds. The third-order valence-corrected chi connectivity index (χ3v) is 5.71. The van der Waals surface area contributed by atoms with Crippen molar-refractivity contribution in [2.75, 3.05) is 13.6 Å². The lowest BCUT2D eigenvalue weighted by molar-refractivity contribution is -0.132. The molecule has 2 unspecified atom stereocenters. The maximum absolute atomic E-state index is 13.2. The molecule has 2 rings (SSSR count). The Morgan fingerprint density at radius 3 is 2.48 bits per heavy atom. The molecule has 4 N–H and O–H groups in total. The zero-order chi connectivity index (χ0) is 19.4. The highest BCUT2D eigenvalue weighted by atomic mass is 35.5. The van der Waals surface area contributed by atoms with Crippen LogP contribution in [0.4, 0.5) is 8.78 Å². The number of nitrogens with one attached hydrogen (secondary N) is 3. The van der Waals surface area contributed by atoms with Gasteiger partial charge in [0.05, 0.1) is 12.1 Å². The molecule has 1 saturated carbocycles. The van der Waals surface area contributed by atoms with Crippen LogP contribution < -0.4 is 16.0 Å². The predicted molar refractivity (Wildman–Crippen MR) is 101 cm³/mol. The van der Waals surface area contributed by atoms with Crippen LogP contribution in [0.1, 0.15) is 58.3 Å². The minimum absolute atomic E-state index is 0. The molecule has 0 bridgehead atoms. The van der Waals surface area contributed by atoms with E-state index in [9.17, 15) is 23.5 Å². The number of hydrogen-bond donors (Lipinski definition) is 4. The van der Waals surface area contributed by atoms with E-state index in [2.05, 4.69) is 16.0 Å². The van der Waals surface area contributed by atoms with Gasteiger partial charge >= 0.3 is 0 Å². The van der Waals surface area contributed by atoms with Crippen LogP contribution in [0.5, 0.6) is 0 Å². The van der Waals surface area contributed by atoms with Gasteiger partial charge in [0.2, 0.25) is 11.8 Å². The highest BCUT2D eigenvalue weighted by Crippen LogP contribution is 2.42. The molecule has 9 heteroatoms. The second-order valence-electron chi connectivity index (χ2n) is 7.98. The van der Waals surface area contributed by atoms with E-state index in [0.29, 0.717) is 6.42 Å². The van der Waals surface area contributed by atoms with Crippen molar-refractivity contribution in [2.24, 2.45) is 5.41 Å². The van der Waals surface area contributed by atoms with Crippen molar-refractivity contribution >= 4 is 24.2 Å². The number of rotatable bonds is 7. The van der Waals surface area contributed by atoms with Gasteiger partial charge in [0.15, 0.2) is 6.10 Å². The van der Waals surface area contributed by atoms with Crippen molar-refractivity contribution in [3.63, 3.8) is 0 Å². The minimum atomic E-state index is -2.93. The van der Waals surface area contributed by atoms with E-state index in [-0.39, 0.29) is 30.2 Å². The summed E-state index contributed by atoms with van der Waals surface area (Å²) < 4.78 is 26.4. The van der Waals surface area contributed by atoms with Crippen molar-refractivity contribution < 1.29 is 23.5 Å². The molecule has 1 saturated heterocycles. The minimum Gasteiger partial charge on any atom is -0.381 e. The maximum Gasteiger partial charge on any atom is 0.250 e. The Morgan fingerprint density at radius 1 is 1.30 bits per heavy atom. The predicted octanol–water partition coefficient (Wildman–Crippen LogP) is 1.75. The topological polar surface area (TPSA) is 90.5 Å². The van der Waals surface area contributed by atoms with Gasteiger partial charge in [-0.05, 0) is 38.0 Å². The Hall–Kier alpha value is -0.990. The molecule has 1 spiro atoms. The SMILES string of the molecule is CNC(=O)C(O)[C@H](CCC(C)(F)F)NC(=O)C1CC2(CCCCC2)CN1.Cl. The molecule has 6 nitrogen and oxygen atoms in total. The fourth-order valence-corrected chi connectivity index (χ4v) is 4.12. The molecular formula is C18H32ClF2N3O3. The van der Waals surface area contributed by atoms with Crippen molar-refractivity contribution in [3.8, 4) is 0 Å². The van der Waals surface area contributed by atoms with Crippen LogP contribution >= 0.6 is 12.4 Å². The van der Waals surface area contributed by atoms with E-state index in [4.69, 9.17) is 0 Å². The van der Waals surface area contributed by atoms with E-state index in [1.54, 1.807) is 0 Å². The molecular weight excluding hydrogens is 380 g/mol. The van der Waals surface area contributed by atoms with Crippen LogP contribution in [0.2, 0.25) is 0 Å². The Kier molecular flexibility index (Phi) is 8.89. The van der Waals surface area contributed by atoms with Gasteiger partial charge in [-0.2, -0.15) is 0 Å². The summed E-state index contributed by atoms with van der Waals surface area (Å²) in [6.45, 7) is 1.56. The first kappa shape index (κ1) is 24.0. The summed E-state index contributed by atoms with van der Waals surface area (Å²) in [5, 5.41) is 18.3. The van der Waals surface area contributed by atoms with Crippen molar-refractivity contribution in [2.45, 2.75) is 82.4 Å². The number of alkyl halides is 2. The van der Waals surface area contributed by atoms with Gasteiger partial charge in [-0.15, -0.1) is 12.4 Å². The highest BCUT2D eigenvalue weighted by Gasteiger charge is 2.43. The largest absolute Gasteiger partial charge is 0.381 e. The zero-order valence-electron chi connectivity index (χ0n) is 16.0. The zero-order valence-corrected chi connectivity index (χ0v) is 16.8. The van der Waals surface area contributed by atoms with E-state index in [0.717, 1.165) is 26.3 Å². The third kappa shape index (κ3) is 6.84. The quantitative estimate of drug-likeness (QED) is 0.513. The van der Waals surface area contributed by atoms with Gasteiger partial charge in [0.25, 0.3) is 5.91 Å². The van der Waals surface area contributed by atoms with Crippen LogP contribution in [-0.2, 0) is 9.59 Å². The average molecular weight is 412 g/mol. The molecule has 1 heterocycles. The molecule has 2 aliphatic rings. The lowest BCUT2D eigenvalue weighted by Gasteiger charge is -2.32. The maximum atomic E-state index is 13.2. The summed E-state index contributed by atoms with van der Waals surface area (Å²) in [6, 6.07) is -1.45. The van der Waals surface area contributed by atoms with Gasteiger partial charge in [0, 0.05) is 20.0 Å². The first-order valence-electron chi connectivity index (χ1n) is 9.47. The number of carbonyl (C=O) groups is 2. The van der Waals surface area contributed by atoms with E-state index in [1.807, 2.05) is 0 Å². The van der Waals surface area contributed by atoms with Crippen molar-refractivity contribution in [1.29, 1.82) is 0 Å². The summed E-state index contributed by atoms with van der Waals surface area (Å²) in [7, 11) is 1.35. The molecule has 27 heavy (non-hydrogen) atoms. The van der Waals surface area contributed by atoms with Crippen LogP contribution in [0.3, 0.4) is 0 Å². The summed E-state index contributed by atoms with van der Waals surface area (Å²) in [5.74, 6) is -3.96. The van der Waals surface area contributed by atoms with Crippen LogP contribution in [-0.4, -0.2) is 54.6 Å². The molecule has 1 aliphatic carbocycles. The number of hydrogen-bond acceptors (Lipinski definition) is 4. The molecule has 2 fully saturated rings. The van der Waals surface area contributed by atoms with Crippen molar-refractivity contribution in [3.05, 3.63) is 0 Å². The molecule has 0 aromatic heterocycles. The van der Waals surface area contributed by atoms with E-state index in [1.165, 1.54) is 26.3 Å². The van der Waals surface area contributed by atoms with Crippen LogP contribution in [0, 0.1) is 5.41 Å². The number of aliphatic hydroxyl groups excluding tert-OH is 1. The highest BCUT2D eigenvalue weighted by molar-refractivity contribution is 5.85. The van der Waals surface area contributed by atoms with E-state index < -0.39 is 36.4 Å². The molecule has 3 atom stereocenters. The van der Waals surface area contributed by atoms with Gasteiger partial charge in [-0.1, -0.05) is 19.3 Å². The smallest absolute Gasteiger partial charge is 0.250 e. The van der Waals surface area contributed by atoms with Gasteiger partial charge in [0.1, 0.15) is 0 Å². The third-order valence-electron chi connectivity index (χ3n) is 5.71. The number of halogens is 3. The van der Waals surface area contributed by atoms with Gasteiger partial charge < -0.3 is 21.1 Å². The molecule has 0 aromatic carbocycles. The summed E-state index contributed by atoms with van der Waals surface area (Å²) in [5.41, 5.74) is 0.144. The Morgan fingerprint density at radius 2 is 1.93 bits per heavy atom. The normalized spacial score (nSPS) is 24.0. The molecule has 158 valence electrons. The van der Waals surface area contributed by atoms with Gasteiger partial charge in [-0.25, -0.2) is 8.78 Å². The summed E-state index contributed by atoms with van der Waals surface area (Å²) in [6.07, 6.45) is 4.20. The second kappa shape index (κ2) is 9.98. The lowest BCUT2D eigenvalue weighted by Crippen LogP contribution is -2.53. The number of amides is 2. The Labute approximate surface area is 165 Å². The molecule has 0 radical (unpaired) electrons. The fourth-order valence-electron chi connectivity index (χ4n) is 4.12. The van der Waals surface area contributed by atoms with Crippen LogP contribution in [0.15, 0.2) is 0 Å². The summed E-state index contributed by atoms with van der Waals surface area (Å²) >= 11 is 0. The average Bonchev–Trinajstić information content (AvgIpc) is 3.00. The number of aliphatic hydroxyl groups is 1. The van der Waals surface area contributed by atoms with E-state index >= 15 is 0 Å². The Balaban J connectivity index is 0.00000364. The number of carbonyl (C=O) groups excluding carboxylic acids is 2. The number of likely N-dealkylation sites (N-methyl/N-ethyl adjacent to an activating group) is 1. The van der Waals surface area contributed by atoms with Gasteiger partial charge in [-0.3, -0.25) is 9.59 Å².